The predicted molar refractivity (Wildman–Crippen MR) is 98.8 cm³/mol. The summed E-state index contributed by atoms with van der Waals surface area (Å²) < 4.78 is 0. The van der Waals surface area contributed by atoms with Crippen molar-refractivity contribution in [3.05, 3.63) is 42.0 Å². The predicted octanol–water partition coefficient (Wildman–Crippen LogP) is 3.74. The van der Waals surface area contributed by atoms with E-state index in [4.69, 9.17) is 0 Å². The zero-order valence-corrected chi connectivity index (χ0v) is 15.0. The second-order valence-electron chi connectivity index (χ2n) is 7.47. The van der Waals surface area contributed by atoms with Crippen molar-refractivity contribution in [2.45, 2.75) is 24.3 Å². The van der Waals surface area contributed by atoms with E-state index in [1.54, 1.807) is 0 Å². The van der Waals surface area contributed by atoms with E-state index in [2.05, 4.69) is 52.5 Å². The van der Waals surface area contributed by atoms with E-state index in [1.165, 1.54) is 56.0 Å². The summed E-state index contributed by atoms with van der Waals surface area (Å²) in [5.41, 5.74) is 1.45. The van der Waals surface area contributed by atoms with Crippen LogP contribution in [0.2, 0.25) is 0 Å². The number of fused-ring (bicyclic) bond motifs is 2. The average molecular weight is 329 g/mol. The quantitative estimate of drug-likeness (QED) is 0.600. The van der Waals surface area contributed by atoms with Crippen LogP contribution in [0, 0.1) is 17.8 Å². The third kappa shape index (κ3) is 3.67. The summed E-state index contributed by atoms with van der Waals surface area (Å²) in [6.07, 6.45) is 9.98. The van der Waals surface area contributed by atoms with Crippen LogP contribution >= 0.6 is 11.8 Å². The summed E-state index contributed by atoms with van der Waals surface area (Å²) in [4.78, 5) is 6.69. The Kier molecular flexibility index (Phi) is 4.79. The molecule has 2 fully saturated rings. The molecule has 0 unspecified atom stereocenters. The number of hydrogen-bond acceptors (Lipinski definition) is 3. The summed E-state index contributed by atoms with van der Waals surface area (Å²) in [5.74, 6) is 2.75. The molecule has 1 heterocycles. The van der Waals surface area contributed by atoms with Crippen molar-refractivity contribution in [2.24, 2.45) is 17.8 Å². The second-order valence-corrected chi connectivity index (χ2v) is 8.34. The van der Waals surface area contributed by atoms with E-state index >= 15 is 0 Å². The molecule has 0 spiro atoms. The van der Waals surface area contributed by atoms with Gasteiger partial charge in [-0.3, -0.25) is 4.90 Å². The lowest BCUT2D eigenvalue weighted by Gasteiger charge is -2.37. The summed E-state index contributed by atoms with van der Waals surface area (Å²) >= 11 is 1.82. The zero-order chi connectivity index (χ0) is 15.6. The van der Waals surface area contributed by atoms with Gasteiger partial charge in [0.25, 0.3) is 0 Å². The fraction of sp³-hybridized carbons (Fsp3) is 0.600. The van der Waals surface area contributed by atoms with Crippen LogP contribution in [-0.2, 0) is 6.54 Å². The van der Waals surface area contributed by atoms with Crippen molar-refractivity contribution < 1.29 is 0 Å². The van der Waals surface area contributed by atoms with Gasteiger partial charge >= 0.3 is 0 Å². The highest BCUT2D eigenvalue weighted by atomic mass is 32.2. The second kappa shape index (κ2) is 7.00. The van der Waals surface area contributed by atoms with Gasteiger partial charge in [0.1, 0.15) is 0 Å². The molecule has 3 atom stereocenters. The Morgan fingerprint density at radius 1 is 0.957 bits per heavy atom. The number of allylic oxidation sites excluding steroid dienone is 2. The van der Waals surface area contributed by atoms with Gasteiger partial charge in [-0.05, 0) is 54.5 Å². The molecular weight excluding hydrogens is 300 g/mol. The van der Waals surface area contributed by atoms with Gasteiger partial charge in [-0.1, -0.05) is 24.3 Å². The van der Waals surface area contributed by atoms with E-state index in [1.807, 2.05) is 11.8 Å². The van der Waals surface area contributed by atoms with E-state index < -0.39 is 0 Å². The molecule has 4 rings (SSSR count). The van der Waals surface area contributed by atoms with Crippen LogP contribution in [0.5, 0.6) is 0 Å². The Balaban J connectivity index is 1.23. The van der Waals surface area contributed by atoms with Gasteiger partial charge in [-0.25, -0.2) is 0 Å². The molecule has 2 bridgehead atoms. The van der Waals surface area contributed by atoms with E-state index in [0.29, 0.717) is 0 Å². The van der Waals surface area contributed by atoms with Gasteiger partial charge in [-0.15, -0.1) is 11.8 Å². The van der Waals surface area contributed by atoms with Gasteiger partial charge in [-0.2, -0.15) is 0 Å². The summed E-state index contributed by atoms with van der Waals surface area (Å²) in [6, 6.07) is 9.08. The van der Waals surface area contributed by atoms with Gasteiger partial charge in [0.2, 0.25) is 0 Å². The van der Waals surface area contributed by atoms with Gasteiger partial charge in [0, 0.05) is 44.2 Å². The molecule has 1 saturated carbocycles. The normalized spacial score (nSPS) is 31.1. The molecular formula is C20H28N2S. The molecule has 2 nitrogen and oxygen atoms in total. The minimum Gasteiger partial charge on any atom is -0.300 e. The minimum absolute atomic E-state index is 0.896. The summed E-state index contributed by atoms with van der Waals surface area (Å²) in [6.45, 7) is 7.39. The Morgan fingerprint density at radius 2 is 1.70 bits per heavy atom. The third-order valence-electron chi connectivity index (χ3n) is 5.94. The number of benzene rings is 1. The maximum atomic E-state index is 2.71. The zero-order valence-electron chi connectivity index (χ0n) is 14.2. The molecule has 3 aliphatic rings. The molecule has 0 radical (unpaired) electrons. The maximum absolute atomic E-state index is 2.71. The van der Waals surface area contributed by atoms with E-state index in [-0.39, 0.29) is 0 Å². The van der Waals surface area contributed by atoms with E-state index in [9.17, 15) is 0 Å². The highest BCUT2D eigenvalue weighted by molar-refractivity contribution is 7.98. The van der Waals surface area contributed by atoms with Gasteiger partial charge in [0.15, 0.2) is 0 Å². The van der Waals surface area contributed by atoms with Crippen molar-refractivity contribution >= 4 is 11.8 Å². The van der Waals surface area contributed by atoms with Crippen LogP contribution in [0.15, 0.2) is 41.3 Å². The van der Waals surface area contributed by atoms with E-state index in [0.717, 1.165) is 24.3 Å². The molecule has 1 saturated heterocycles. The first-order valence-corrected chi connectivity index (χ1v) is 10.3. The molecule has 0 N–H and O–H groups in total. The average Bonchev–Trinajstić information content (AvgIpc) is 3.20. The van der Waals surface area contributed by atoms with Gasteiger partial charge < -0.3 is 4.90 Å². The number of piperazine rings is 1. The molecule has 1 aliphatic heterocycles. The van der Waals surface area contributed by atoms with Crippen molar-refractivity contribution in [1.82, 2.24) is 9.80 Å². The molecule has 124 valence electrons. The van der Waals surface area contributed by atoms with Crippen LogP contribution in [0.3, 0.4) is 0 Å². The fourth-order valence-corrected chi connectivity index (χ4v) is 4.96. The largest absolute Gasteiger partial charge is 0.300 e. The van der Waals surface area contributed by atoms with Crippen molar-refractivity contribution in [1.29, 1.82) is 0 Å². The van der Waals surface area contributed by atoms with Crippen LogP contribution in [0.1, 0.15) is 18.4 Å². The number of thioether (sulfide) groups is 1. The molecule has 23 heavy (non-hydrogen) atoms. The maximum Gasteiger partial charge on any atom is 0.0234 e. The summed E-state index contributed by atoms with van der Waals surface area (Å²) in [5, 5.41) is 0. The Bertz CT molecular complexity index is 545. The molecule has 1 aromatic carbocycles. The topological polar surface area (TPSA) is 6.48 Å². The van der Waals surface area contributed by atoms with Crippen molar-refractivity contribution in [3.63, 3.8) is 0 Å². The highest BCUT2D eigenvalue weighted by Gasteiger charge is 2.36. The van der Waals surface area contributed by atoms with Gasteiger partial charge in [0.05, 0.1) is 0 Å². The number of rotatable bonds is 5. The standard InChI is InChI=1S/C20H28N2S/c1-23-20-6-3-16(4-7-20)14-21-8-10-22(11-9-21)15-19-13-17-2-5-18(19)12-17/h2-7,17-19H,8-15H2,1H3/t17-,18-,19-/m1/s1. The molecule has 1 aromatic rings. The fourth-order valence-electron chi connectivity index (χ4n) is 4.56. The van der Waals surface area contributed by atoms with Crippen LogP contribution in [0.4, 0.5) is 0 Å². The Hall–Kier alpha value is -0.770. The third-order valence-corrected chi connectivity index (χ3v) is 6.68. The van der Waals surface area contributed by atoms with Crippen LogP contribution < -0.4 is 0 Å². The number of nitrogens with zero attached hydrogens (tertiary/aromatic N) is 2. The SMILES string of the molecule is CSc1ccc(CN2CCN(C[C@H]3C[C@@H]4C=C[C@@H]3C4)CC2)cc1. The molecule has 0 amide bonds. The Labute approximate surface area is 144 Å². The lowest BCUT2D eigenvalue weighted by molar-refractivity contribution is 0.108. The number of hydrogen-bond donors (Lipinski definition) is 0. The smallest absolute Gasteiger partial charge is 0.0234 e. The first-order valence-electron chi connectivity index (χ1n) is 9.06. The molecule has 0 aromatic heterocycles. The van der Waals surface area contributed by atoms with Crippen LogP contribution in [-0.4, -0.2) is 48.8 Å². The Morgan fingerprint density at radius 3 is 2.30 bits per heavy atom. The molecule has 3 heteroatoms. The minimum atomic E-state index is 0.896. The lowest BCUT2D eigenvalue weighted by atomic mass is 9.93. The van der Waals surface area contributed by atoms with Crippen molar-refractivity contribution in [3.8, 4) is 0 Å². The van der Waals surface area contributed by atoms with Crippen molar-refractivity contribution in [2.75, 3.05) is 39.0 Å². The monoisotopic (exact) mass is 328 g/mol. The summed E-state index contributed by atoms with van der Waals surface area (Å²) in [7, 11) is 0. The van der Waals surface area contributed by atoms with Crippen LogP contribution in [0.25, 0.3) is 0 Å². The first-order chi connectivity index (χ1) is 11.3. The highest BCUT2D eigenvalue weighted by Crippen LogP contribution is 2.43. The first kappa shape index (κ1) is 15.7. The lowest BCUT2D eigenvalue weighted by Crippen LogP contribution is -2.47. The molecule has 2 aliphatic carbocycles.